The quantitative estimate of drug-likeness (QED) is 0.873. The SMILES string of the molecule is COc1ccc([C@H](N)c2n[nH]c([C@@H]3CCCO3)n2)cc1OC. The smallest absolute Gasteiger partial charge is 0.171 e. The summed E-state index contributed by atoms with van der Waals surface area (Å²) in [6.07, 6.45) is 2.00. The van der Waals surface area contributed by atoms with Gasteiger partial charge in [0, 0.05) is 6.61 Å². The maximum Gasteiger partial charge on any atom is 0.171 e. The van der Waals surface area contributed by atoms with E-state index in [1.165, 1.54) is 0 Å². The maximum absolute atomic E-state index is 6.26. The number of rotatable bonds is 5. The van der Waals surface area contributed by atoms with Crippen LogP contribution in [0, 0.1) is 0 Å². The number of hydrogen-bond donors (Lipinski definition) is 2. The van der Waals surface area contributed by atoms with E-state index < -0.39 is 6.04 Å². The van der Waals surface area contributed by atoms with Crippen LogP contribution in [0.15, 0.2) is 18.2 Å². The van der Waals surface area contributed by atoms with E-state index in [0.717, 1.165) is 30.8 Å². The Morgan fingerprint density at radius 3 is 2.82 bits per heavy atom. The lowest BCUT2D eigenvalue weighted by Crippen LogP contribution is -2.14. The molecule has 3 rings (SSSR count). The summed E-state index contributed by atoms with van der Waals surface area (Å²) in [5.74, 6) is 2.57. The molecule has 1 fully saturated rings. The summed E-state index contributed by atoms with van der Waals surface area (Å²) in [5, 5.41) is 7.15. The summed E-state index contributed by atoms with van der Waals surface area (Å²) >= 11 is 0. The zero-order valence-electron chi connectivity index (χ0n) is 12.7. The van der Waals surface area contributed by atoms with Crippen LogP contribution in [0.2, 0.25) is 0 Å². The molecule has 7 heteroatoms. The molecule has 2 heterocycles. The third-order valence-corrected chi connectivity index (χ3v) is 3.80. The molecule has 0 aliphatic carbocycles. The summed E-state index contributed by atoms with van der Waals surface area (Å²) in [7, 11) is 3.19. The first-order valence-electron chi connectivity index (χ1n) is 7.24. The van der Waals surface area contributed by atoms with Gasteiger partial charge in [0.25, 0.3) is 0 Å². The molecule has 0 saturated carbocycles. The van der Waals surface area contributed by atoms with Crippen LogP contribution in [0.1, 0.15) is 42.2 Å². The summed E-state index contributed by atoms with van der Waals surface area (Å²) in [6, 6.07) is 5.10. The van der Waals surface area contributed by atoms with Crippen LogP contribution in [0.25, 0.3) is 0 Å². The molecule has 7 nitrogen and oxygen atoms in total. The lowest BCUT2D eigenvalue weighted by molar-refractivity contribution is 0.105. The number of methoxy groups -OCH3 is 2. The predicted octanol–water partition coefficient (Wildman–Crippen LogP) is 1.72. The number of nitrogens with one attached hydrogen (secondary N) is 1. The van der Waals surface area contributed by atoms with Crippen LogP contribution < -0.4 is 15.2 Å². The highest BCUT2D eigenvalue weighted by Gasteiger charge is 2.23. The largest absolute Gasteiger partial charge is 0.493 e. The summed E-state index contributed by atoms with van der Waals surface area (Å²) < 4.78 is 16.1. The second kappa shape index (κ2) is 6.33. The molecule has 118 valence electrons. The number of ether oxygens (including phenoxy) is 3. The van der Waals surface area contributed by atoms with Crippen molar-refractivity contribution >= 4 is 0 Å². The molecule has 0 unspecified atom stereocenters. The molecule has 22 heavy (non-hydrogen) atoms. The monoisotopic (exact) mass is 304 g/mol. The standard InChI is InChI=1S/C15H20N4O3/c1-20-10-6-5-9(8-12(10)21-2)13(16)15-17-14(18-19-15)11-4-3-7-22-11/h5-6,8,11,13H,3-4,7,16H2,1-2H3,(H,17,18,19)/t11-,13-/m0/s1. The molecule has 2 aromatic rings. The van der Waals surface area contributed by atoms with E-state index >= 15 is 0 Å². The third kappa shape index (κ3) is 2.77. The van der Waals surface area contributed by atoms with E-state index in [0.29, 0.717) is 17.3 Å². The highest BCUT2D eigenvalue weighted by molar-refractivity contribution is 5.44. The van der Waals surface area contributed by atoms with Crippen LogP contribution in [0.5, 0.6) is 11.5 Å². The van der Waals surface area contributed by atoms with E-state index in [1.807, 2.05) is 18.2 Å². The van der Waals surface area contributed by atoms with Gasteiger partial charge in [0.05, 0.1) is 20.3 Å². The number of H-pyrrole nitrogens is 1. The van der Waals surface area contributed by atoms with Gasteiger partial charge in [-0.2, -0.15) is 5.10 Å². The molecular weight excluding hydrogens is 284 g/mol. The Morgan fingerprint density at radius 2 is 2.14 bits per heavy atom. The molecule has 1 aromatic heterocycles. The number of benzene rings is 1. The van der Waals surface area contributed by atoms with E-state index in [2.05, 4.69) is 15.2 Å². The average Bonchev–Trinajstić information content (AvgIpc) is 3.24. The van der Waals surface area contributed by atoms with Crippen LogP contribution >= 0.6 is 0 Å². The number of nitrogens with zero attached hydrogens (tertiary/aromatic N) is 2. The van der Waals surface area contributed by atoms with Gasteiger partial charge in [-0.1, -0.05) is 6.07 Å². The summed E-state index contributed by atoms with van der Waals surface area (Å²) in [5.41, 5.74) is 7.12. The molecule has 0 radical (unpaired) electrons. The first kappa shape index (κ1) is 14.8. The molecule has 1 aliphatic rings. The summed E-state index contributed by atoms with van der Waals surface area (Å²) in [4.78, 5) is 4.48. The van der Waals surface area contributed by atoms with Crippen LogP contribution in [-0.2, 0) is 4.74 Å². The summed E-state index contributed by atoms with van der Waals surface area (Å²) in [6.45, 7) is 0.766. The van der Waals surface area contributed by atoms with Gasteiger partial charge in [-0.25, -0.2) is 4.98 Å². The normalized spacial score (nSPS) is 19.1. The zero-order valence-corrected chi connectivity index (χ0v) is 12.7. The molecule has 2 atom stereocenters. The molecule has 1 aliphatic heterocycles. The minimum absolute atomic E-state index is 0.00106. The van der Waals surface area contributed by atoms with Crippen molar-refractivity contribution in [2.45, 2.75) is 25.0 Å². The van der Waals surface area contributed by atoms with Crippen molar-refractivity contribution in [3.63, 3.8) is 0 Å². The van der Waals surface area contributed by atoms with Crippen molar-refractivity contribution in [1.82, 2.24) is 15.2 Å². The molecule has 3 N–H and O–H groups in total. The van der Waals surface area contributed by atoms with Crippen LogP contribution in [0.3, 0.4) is 0 Å². The lowest BCUT2D eigenvalue weighted by Gasteiger charge is -2.12. The minimum atomic E-state index is -0.439. The zero-order chi connectivity index (χ0) is 15.5. The van der Waals surface area contributed by atoms with Crippen molar-refractivity contribution < 1.29 is 14.2 Å². The van der Waals surface area contributed by atoms with Crippen molar-refractivity contribution in [2.75, 3.05) is 20.8 Å². The Bertz CT molecular complexity index is 637. The van der Waals surface area contributed by atoms with Crippen molar-refractivity contribution in [1.29, 1.82) is 0 Å². The van der Waals surface area contributed by atoms with Crippen LogP contribution in [0.4, 0.5) is 0 Å². The number of hydrogen-bond acceptors (Lipinski definition) is 6. The average molecular weight is 304 g/mol. The first-order valence-corrected chi connectivity index (χ1v) is 7.24. The molecule has 0 bridgehead atoms. The van der Waals surface area contributed by atoms with Gasteiger partial charge in [-0.15, -0.1) is 0 Å². The van der Waals surface area contributed by atoms with E-state index in [4.69, 9.17) is 19.9 Å². The number of nitrogens with two attached hydrogens (primary N) is 1. The Hall–Kier alpha value is -2.12. The Labute approximate surface area is 128 Å². The highest BCUT2D eigenvalue weighted by Crippen LogP contribution is 2.31. The molecular formula is C15H20N4O3. The van der Waals surface area contributed by atoms with Crippen molar-refractivity contribution in [3.05, 3.63) is 35.4 Å². The Morgan fingerprint density at radius 1 is 1.32 bits per heavy atom. The Balaban J connectivity index is 1.82. The van der Waals surface area contributed by atoms with Gasteiger partial charge in [0.2, 0.25) is 0 Å². The second-order valence-corrected chi connectivity index (χ2v) is 5.17. The maximum atomic E-state index is 6.26. The molecule has 1 aromatic carbocycles. The van der Waals surface area contributed by atoms with E-state index in [-0.39, 0.29) is 6.10 Å². The van der Waals surface area contributed by atoms with Gasteiger partial charge in [0.15, 0.2) is 23.1 Å². The fourth-order valence-corrected chi connectivity index (χ4v) is 2.56. The second-order valence-electron chi connectivity index (χ2n) is 5.17. The lowest BCUT2D eigenvalue weighted by atomic mass is 10.1. The topological polar surface area (TPSA) is 95.3 Å². The number of aromatic nitrogens is 3. The fraction of sp³-hybridized carbons (Fsp3) is 0.467. The molecule has 0 amide bonds. The third-order valence-electron chi connectivity index (χ3n) is 3.80. The highest BCUT2D eigenvalue weighted by atomic mass is 16.5. The number of aromatic amines is 1. The molecule has 0 spiro atoms. The predicted molar refractivity (Wildman–Crippen MR) is 79.9 cm³/mol. The van der Waals surface area contributed by atoms with E-state index in [1.54, 1.807) is 14.2 Å². The van der Waals surface area contributed by atoms with Crippen molar-refractivity contribution in [3.8, 4) is 11.5 Å². The van der Waals surface area contributed by atoms with Gasteiger partial charge < -0.3 is 19.9 Å². The van der Waals surface area contributed by atoms with E-state index in [9.17, 15) is 0 Å². The molecule has 1 saturated heterocycles. The van der Waals surface area contributed by atoms with Gasteiger partial charge in [0.1, 0.15) is 6.10 Å². The van der Waals surface area contributed by atoms with Gasteiger partial charge in [-0.3, -0.25) is 5.10 Å². The minimum Gasteiger partial charge on any atom is -0.493 e. The van der Waals surface area contributed by atoms with Crippen molar-refractivity contribution in [2.24, 2.45) is 5.73 Å². The Kier molecular flexibility index (Phi) is 4.26. The fourth-order valence-electron chi connectivity index (χ4n) is 2.56. The van der Waals surface area contributed by atoms with Gasteiger partial charge in [-0.05, 0) is 30.5 Å². The van der Waals surface area contributed by atoms with Gasteiger partial charge >= 0.3 is 0 Å². The van der Waals surface area contributed by atoms with Crippen LogP contribution in [-0.4, -0.2) is 36.0 Å². The first-order chi connectivity index (χ1) is 10.7.